The fraction of sp³-hybridized carbons (Fsp3) is 0.105. The molecule has 3 aromatic rings. The largest absolute Gasteiger partial charge is 0.322 e. The smallest absolute Gasteiger partial charge is 0.257 e. The van der Waals surface area contributed by atoms with E-state index in [0.29, 0.717) is 11.4 Å². The fourth-order valence-electron chi connectivity index (χ4n) is 2.33. The quantitative estimate of drug-likeness (QED) is 0.603. The Morgan fingerprint density at radius 3 is 2.69 bits per heavy atom. The van der Waals surface area contributed by atoms with E-state index < -0.39 is 11.7 Å². The second-order valence-corrected chi connectivity index (χ2v) is 7.04. The second kappa shape index (κ2) is 8.29. The van der Waals surface area contributed by atoms with Gasteiger partial charge in [0.15, 0.2) is 0 Å². The molecule has 3 rings (SSSR count). The molecule has 0 saturated heterocycles. The lowest BCUT2D eigenvalue weighted by atomic mass is 10.1. The van der Waals surface area contributed by atoms with E-state index in [1.807, 2.05) is 24.3 Å². The van der Waals surface area contributed by atoms with Crippen molar-refractivity contribution in [3.8, 4) is 11.3 Å². The fourth-order valence-corrected chi connectivity index (χ4v) is 3.14. The summed E-state index contributed by atoms with van der Waals surface area (Å²) in [6.07, 6.45) is 0. The Morgan fingerprint density at radius 1 is 1.15 bits per heavy atom. The van der Waals surface area contributed by atoms with Gasteiger partial charge in [0.05, 0.1) is 16.3 Å². The van der Waals surface area contributed by atoms with Crippen LogP contribution in [0.4, 0.5) is 10.1 Å². The monoisotopic (exact) mass is 387 g/mol. The zero-order valence-electron chi connectivity index (χ0n) is 13.9. The Bertz CT molecular complexity index is 934. The molecule has 0 spiro atoms. The molecule has 0 radical (unpaired) electrons. The van der Waals surface area contributed by atoms with E-state index in [0.717, 1.165) is 22.4 Å². The summed E-state index contributed by atoms with van der Waals surface area (Å²) in [4.78, 5) is 12.4. The molecule has 4 nitrogen and oxygen atoms in total. The number of thioether (sulfide) groups is 1. The van der Waals surface area contributed by atoms with E-state index in [9.17, 15) is 9.18 Å². The molecule has 7 heteroatoms. The summed E-state index contributed by atoms with van der Waals surface area (Å²) in [6.45, 7) is 2.06. The number of nitrogens with zero attached hydrogens (tertiary/aromatic N) is 2. The molecule has 1 heterocycles. The van der Waals surface area contributed by atoms with Gasteiger partial charge in [-0.25, -0.2) is 4.39 Å². The summed E-state index contributed by atoms with van der Waals surface area (Å²) in [7, 11) is 0. The minimum absolute atomic E-state index is 0.0635. The maximum absolute atomic E-state index is 13.1. The van der Waals surface area contributed by atoms with Gasteiger partial charge in [-0.05, 0) is 48.2 Å². The van der Waals surface area contributed by atoms with Gasteiger partial charge in [0, 0.05) is 11.3 Å². The van der Waals surface area contributed by atoms with E-state index in [1.54, 1.807) is 23.9 Å². The topological polar surface area (TPSA) is 54.9 Å². The molecule has 1 aromatic heterocycles. The van der Waals surface area contributed by atoms with E-state index in [-0.39, 0.29) is 10.6 Å². The van der Waals surface area contributed by atoms with Gasteiger partial charge in [-0.3, -0.25) is 4.79 Å². The van der Waals surface area contributed by atoms with Crippen molar-refractivity contribution in [3.63, 3.8) is 0 Å². The molecule has 0 atom stereocenters. The predicted octanol–water partition coefficient (Wildman–Crippen LogP) is 5.30. The molecule has 2 aromatic carbocycles. The van der Waals surface area contributed by atoms with Crippen molar-refractivity contribution < 1.29 is 9.18 Å². The third kappa shape index (κ3) is 4.39. The number of anilines is 1. The highest BCUT2D eigenvalue weighted by atomic mass is 35.5. The minimum atomic E-state index is -0.489. The van der Waals surface area contributed by atoms with E-state index in [1.165, 1.54) is 12.1 Å². The van der Waals surface area contributed by atoms with Crippen LogP contribution in [-0.4, -0.2) is 21.9 Å². The van der Waals surface area contributed by atoms with Crippen molar-refractivity contribution in [2.24, 2.45) is 0 Å². The molecule has 0 saturated carbocycles. The molecule has 0 fully saturated rings. The van der Waals surface area contributed by atoms with Gasteiger partial charge >= 0.3 is 0 Å². The molecule has 0 aliphatic heterocycles. The summed E-state index contributed by atoms with van der Waals surface area (Å²) in [5.74, 6) is 0.0336. The number of hydrogen-bond donors (Lipinski definition) is 1. The van der Waals surface area contributed by atoms with Crippen LogP contribution in [0.5, 0.6) is 0 Å². The predicted molar refractivity (Wildman–Crippen MR) is 103 cm³/mol. The van der Waals surface area contributed by atoms with Gasteiger partial charge in [0.25, 0.3) is 5.91 Å². The number of carbonyl (C=O) groups is 1. The Labute approximate surface area is 159 Å². The highest BCUT2D eigenvalue weighted by Crippen LogP contribution is 2.24. The summed E-state index contributed by atoms with van der Waals surface area (Å²) < 4.78 is 13.1. The first kappa shape index (κ1) is 18.4. The number of halogens is 2. The highest BCUT2D eigenvalue weighted by molar-refractivity contribution is 7.99. The van der Waals surface area contributed by atoms with Gasteiger partial charge in [0.2, 0.25) is 0 Å². The average molecular weight is 388 g/mol. The molecule has 0 aliphatic rings. The van der Waals surface area contributed by atoms with Crippen LogP contribution in [0.1, 0.15) is 17.3 Å². The van der Waals surface area contributed by atoms with Crippen molar-refractivity contribution in [2.75, 3.05) is 11.1 Å². The lowest BCUT2D eigenvalue weighted by Crippen LogP contribution is -2.12. The zero-order chi connectivity index (χ0) is 18.5. The molecular formula is C19H15ClFN3OS. The molecule has 1 amide bonds. The number of benzene rings is 2. The number of nitrogens with one attached hydrogen (secondary N) is 1. The van der Waals surface area contributed by atoms with Crippen molar-refractivity contribution in [1.29, 1.82) is 0 Å². The Balaban J connectivity index is 1.79. The Kier molecular flexibility index (Phi) is 5.85. The van der Waals surface area contributed by atoms with Crippen LogP contribution in [0.2, 0.25) is 5.02 Å². The van der Waals surface area contributed by atoms with Crippen molar-refractivity contribution >= 4 is 35.0 Å². The SMILES string of the molecule is CCSc1ccc(-c2cccc(NC(=O)c3ccc(F)cc3Cl)c2)nn1. The molecular weight excluding hydrogens is 373 g/mol. The number of aromatic nitrogens is 2. The first-order valence-electron chi connectivity index (χ1n) is 7.90. The zero-order valence-corrected chi connectivity index (χ0v) is 15.4. The molecule has 0 aliphatic carbocycles. The maximum Gasteiger partial charge on any atom is 0.257 e. The van der Waals surface area contributed by atoms with Crippen LogP contribution in [0.25, 0.3) is 11.3 Å². The average Bonchev–Trinajstić information content (AvgIpc) is 2.63. The summed E-state index contributed by atoms with van der Waals surface area (Å²) >= 11 is 7.56. The molecule has 0 bridgehead atoms. The standard InChI is InChI=1S/C19H15ClFN3OS/c1-2-26-18-9-8-17(23-24-18)12-4-3-5-14(10-12)22-19(25)15-7-6-13(21)11-16(15)20/h3-11H,2H2,1H3,(H,22,25). The van der Waals surface area contributed by atoms with Crippen molar-refractivity contribution in [1.82, 2.24) is 10.2 Å². The van der Waals surface area contributed by atoms with Crippen LogP contribution in [0.3, 0.4) is 0 Å². The lowest BCUT2D eigenvalue weighted by Gasteiger charge is -2.08. The van der Waals surface area contributed by atoms with Gasteiger partial charge in [-0.15, -0.1) is 22.0 Å². The van der Waals surface area contributed by atoms with E-state index in [4.69, 9.17) is 11.6 Å². The number of rotatable bonds is 5. The number of hydrogen-bond acceptors (Lipinski definition) is 4. The van der Waals surface area contributed by atoms with Gasteiger partial charge in [-0.2, -0.15) is 0 Å². The van der Waals surface area contributed by atoms with Crippen LogP contribution >= 0.6 is 23.4 Å². The van der Waals surface area contributed by atoms with Crippen LogP contribution in [-0.2, 0) is 0 Å². The summed E-state index contributed by atoms with van der Waals surface area (Å²) in [5, 5.41) is 12.1. The molecule has 1 N–H and O–H groups in total. The highest BCUT2D eigenvalue weighted by Gasteiger charge is 2.12. The Hall–Kier alpha value is -2.44. The molecule has 26 heavy (non-hydrogen) atoms. The first-order valence-corrected chi connectivity index (χ1v) is 9.26. The normalized spacial score (nSPS) is 10.6. The molecule has 132 valence electrons. The number of amides is 1. The first-order chi connectivity index (χ1) is 12.6. The Morgan fingerprint density at radius 2 is 2.00 bits per heavy atom. The van der Waals surface area contributed by atoms with Gasteiger partial charge in [0.1, 0.15) is 10.8 Å². The van der Waals surface area contributed by atoms with E-state index >= 15 is 0 Å². The third-order valence-corrected chi connectivity index (χ3v) is 4.64. The van der Waals surface area contributed by atoms with E-state index in [2.05, 4.69) is 22.4 Å². The molecule has 0 unspecified atom stereocenters. The van der Waals surface area contributed by atoms with Crippen molar-refractivity contribution in [3.05, 3.63) is 71.0 Å². The third-order valence-electron chi connectivity index (χ3n) is 3.52. The van der Waals surface area contributed by atoms with Gasteiger partial charge in [-0.1, -0.05) is 30.7 Å². The van der Waals surface area contributed by atoms with Gasteiger partial charge < -0.3 is 5.32 Å². The lowest BCUT2D eigenvalue weighted by molar-refractivity contribution is 0.102. The van der Waals surface area contributed by atoms with Crippen LogP contribution in [0.15, 0.2) is 59.6 Å². The summed E-state index contributed by atoms with van der Waals surface area (Å²) in [5.41, 5.74) is 2.33. The summed E-state index contributed by atoms with van der Waals surface area (Å²) in [6, 6.07) is 14.7. The second-order valence-electron chi connectivity index (χ2n) is 5.35. The van der Waals surface area contributed by atoms with Crippen LogP contribution < -0.4 is 5.32 Å². The minimum Gasteiger partial charge on any atom is -0.322 e. The van der Waals surface area contributed by atoms with Crippen LogP contribution in [0, 0.1) is 5.82 Å². The number of carbonyl (C=O) groups excluding carboxylic acids is 1. The van der Waals surface area contributed by atoms with Crippen molar-refractivity contribution in [2.45, 2.75) is 11.9 Å². The maximum atomic E-state index is 13.1.